The summed E-state index contributed by atoms with van der Waals surface area (Å²) in [6.45, 7) is 0.931. The van der Waals surface area contributed by atoms with Gasteiger partial charge in [0.2, 0.25) is 5.91 Å². The van der Waals surface area contributed by atoms with Gasteiger partial charge in [-0.05, 0) is 36.6 Å². The number of rotatable bonds is 3. The zero-order valence-corrected chi connectivity index (χ0v) is 18.6. The Kier molecular flexibility index (Phi) is 6.07. The molecule has 2 N–H and O–H groups in total. The first-order valence-corrected chi connectivity index (χ1v) is 10.7. The van der Waals surface area contributed by atoms with E-state index in [1.165, 1.54) is 0 Å². The first-order chi connectivity index (χ1) is 16.5. The number of aliphatic carboxylic acids is 1. The van der Waals surface area contributed by atoms with Gasteiger partial charge in [-0.2, -0.15) is 13.2 Å². The van der Waals surface area contributed by atoms with Crippen LogP contribution in [0.15, 0.2) is 42.7 Å². The highest BCUT2D eigenvalue weighted by molar-refractivity contribution is 5.92. The van der Waals surface area contributed by atoms with Gasteiger partial charge in [-0.25, -0.2) is 9.59 Å². The fraction of sp³-hybridized carbons (Fsp3) is 0.391. The van der Waals surface area contributed by atoms with Crippen LogP contribution >= 0.6 is 0 Å². The lowest BCUT2D eigenvalue weighted by Gasteiger charge is -2.35. The molecule has 0 bridgehead atoms. The van der Waals surface area contributed by atoms with E-state index in [2.05, 4.69) is 10.3 Å². The van der Waals surface area contributed by atoms with Gasteiger partial charge in [0.25, 0.3) is 0 Å². The van der Waals surface area contributed by atoms with E-state index in [4.69, 9.17) is 19.4 Å². The van der Waals surface area contributed by atoms with Crippen LogP contribution in [0.1, 0.15) is 30.4 Å². The van der Waals surface area contributed by atoms with Gasteiger partial charge in [0, 0.05) is 24.7 Å². The highest BCUT2D eigenvalue weighted by Gasteiger charge is 2.57. The summed E-state index contributed by atoms with van der Waals surface area (Å²) in [5, 5.41) is 9.82. The molecule has 1 aromatic heterocycles. The van der Waals surface area contributed by atoms with Crippen molar-refractivity contribution in [3.05, 3.63) is 53.9 Å². The predicted molar refractivity (Wildman–Crippen MR) is 115 cm³/mol. The second-order valence-electron chi connectivity index (χ2n) is 8.52. The van der Waals surface area contributed by atoms with Gasteiger partial charge in [0.05, 0.1) is 31.0 Å². The van der Waals surface area contributed by atoms with Gasteiger partial charge in [-0.15, -0.1) is 0 Å². The number of carbonyl (C=O) groups is 3. The summed E-state index contributed by atoms with van der Waals surface area (Å²) in [6.07, 6.45) is -0.00602. The molecule has 186 valence electrons. The van der Waals surface area contributed by atoms with Gasteiger partial charge in [0.1, 0.15) is 5.75 Å². The third-order valence-corrected chi connectivity index (χ3v) is 6.40. The number of alkyl halides is 3. The number of hydrogen-bond acceptors (Lipinski definition) is 6. The van der Waals surface area contributed by atoms with Gasteiger partial charge >= 0.3 is 18.2 Å². The average molecular weight is 493 g/mol. The van der Waals surface area contributed by atoms with Crippen LogP contribution < -0.4 is 10.1 Å². The fourth-order valence-electron chi connectivity index (χ4n) is 4.48. The average Bonchev–Trinajstić information content (AvgIpc) is 3.53. The maximum absolute atomic E-state index is 13.4. The number of methoxy groups -OCH3 is 1. The molecule has 9 nitrogen and oxygen atoms in total. The number of carbonyl (C=O) groups excluding carboxylic acids is 2. The highest BCUT2D eigenvalue weighted by atomic mass is 19.4. The number of hydrogen-bond donors (Lipinski definition) is 2. The lowest BCUT2D eigenvalue weighted by atomic mass is 9.90. The minimum Gasteiger partial charge on any atom is -0.497 e. The summed E-state index contributed by atoms with van der Waals surface area (Å²) < 4.78 is 42.7. The zero-order valence-electron chi connectivity index (χ0n) is 18.6. The van der Waals surface area contributed by atoms with Gasteiger partial charge in [-0.3, -0.25) is 15.1 Å². The molecule has 1 saturated heterocycles. The minimum absolute atomic E-state index is 0.111. The van der Waals surface area contributed by atoms with E-state index in [0.717, 1.165) is 29.7 Å². The molecular formula is C23H22F3N3O6. The molecule has 3 heterocycles. The van der Waals surface area contributed by atoms with E-state index < -0.39 is 29.3 Å². The molecule has 1 atom stereocenters. The summed E-state index contributed by atoms with van der Waals surface area (Å²) in [4.78, 5) is 40.3. The van der Waals surface area contributed by atoms with Crippen LogP contribution in [0.4, 0.5) is 23.7 Å². The molecule has 2 aromatic rings. The van der Waals surface area contributed by atoms with Gasteiger partial charge in [-0.1, -0.05) is 12.1 Å². The number of aromatic nitrogens is 1. The van der Waals surface area contributed by atoms with Gasteiger partial charge in [0.15, 0.2) is 5.60 Å². The minimum atomic E-state index is -5.08. The second kappa shape index (κ2) is 8.75. The third-order valence-electron chi connectivity index (χ3n) is 6.40. The number of benzene rings is 1. The van der Waals surface area contributed by atoms with Crippen molar-refractivity contribution in [3.8, 4) is 5.75 Å². The molecule has 1 unspecified atom stereocenters. The first-order valence-electron chi connectivity index (χ1n) is 10.7. The number of nitrogens with zero attached hydrogens (tertiary/aromatic N) is 2. The summed E-state index contributed by atoms with van der Waals surface area (Å²) in [7, 11) is 1.63. The van der Waals surface area contributed by atoms with Crippen molar-refractivity contribution in [2.24, 2.45) is 0 Å². The van der Waals surface area contributed by atoms with Crippen molar-refractivity contribution in [3.63, 3.8) is 0 Å². The molecule has 1 aliphatic carbocycles. The first kappa shape index (κ1) is 24.3. The lowest BCUT2D eigenvalue weighted by molar-refractivity contribution is -0.192. The van der Waals surface area contributed by atoms with E-state index in [1.54, 1.807) is 19.5 Å². The monoisotopic (exact) mass is 493 g/mol. The topological polar surface area (TPSA) is 118 Å². The Labute approximate surface area is 197 Å². The SMILES string of the molecule is COc1ccc(C2(C(=O)N3CCC4(C3)OC(=O)Nc3cnccc34)CC2)cc1.O=C(O)C(F)(F)F. The Balaban J connectivity index is 0.000000364. The molecule has 12 heteroatoms. The molecular weight excluding hydrogens is 471 g/mol. The van der Waals surface area contributed by atoms with E-state index in [-0.39, 0.29) is 5.91 Å². The maximum atomic E-state index is 13.4. The number of ether oxygens (including phenoxy) is 2. The van der Waals surface area contributed by atoms with Crippen LogP contribution in [0.2, 0.25) is 0 Å². The van der Waals surface area contributed by atoms with Crippen LogP contribution in [0.25, 0.3) is 0 Å². The standard InChI is InChI=1S/C21H21N3O4.C2HF3O2/c1-27-15-4-2-14(3-5-15)20(7-8-20)18(25)24-11-9-21(13-24)16-6-10-22-12-17(16)23-19(26)28-21;3-2(4,5)1(6)7/h2-6,10,12H,7-9,11,13H2,1H3,(H,23,26);(H,6,7). The second-order valence-corrected chi connectivity index (χ2v) is 8.52. The zero-order chi connectivity index (χ0) is 25.4. The highest BCUT2D eigenvalue weighted by Crippen LogP contribution is 2.52. The number of likely N-dealkylation sites (tertiary alicyclic amines) is 1. The molecule has 35 heavy (non-hydrogen) atoms. The van der Waals surface area contributed by atoms with E-state index >= 15 is 0 Å². The largest absolute Gasteiger partial charge is 0.497 e. The Morgan fingerprint density at radius 3 is 2.40 bits per heavy atom. The van der Waals surface area contributed by atoms with Gasteiger partial charge < -0.3 is 19.5 Å². The summed E-state index contributed by atoms with van der Waals surface area (Å²) >= 11 is 0. The molecule has 1 saturated carbocycles. The summed E-state index contributed by atoms with van der Waals surface area (Å²) in [5.74, 6) is -1.87. The molecule has 2 fully saturated rings. The Bertz CT molecular complexity index is 1150. The van der Waals surface area contributed by atoms with Crippen molar-refractivity contribution in [2.75, 3.05) is 25.5 Å². The Morgan fingerprint density at radius 2 is 1.83 bits per heavy atom. The molecule has 5 rings (SSSR count). The number of pyridine rings is 1. The normalized spacial score (nSPS) is 21.7. The number of halogens is 3. The van der Waals surface area contributed by atoms with E-state index in [9.17, 15) is 22.8 Å². The van der Waals surface area contributed by atoms with Crippen LogP contribution in [0, 0.1) is 0 Å². The molecule has 3 aliphatic rings. The third kappa shape index (κ3) is 4.60. The maximum Gasteiger partial charge on any atom is 0.490 e. The molecule has 2 aliphatic heterocycles. The van der Waals surface area contributed by atoms with E-state index in [0.29, 0.717) is 25.2 Å². The smallest absolute Gasteiger partial charge is 0.490 e. The van der Waals surface area contributed by atoms with Crippen molar-refractivity contribution >= 4 is 23.7 Å². The van der Waals surface area contributed by atoms with Crippen LogP contribution in [-0.2, 0) is 25.3 Å². The van der Waals surface area contributed by atoms with Crippen molar-refractivity contribution in [2.45, 2.75) is 36.5 Å². The predicted octanol–water partition coefficient (Wildman–Crippen LogP) is 3.45. The van der Waals surface area contributed by atoms with Crippen LogP contribution in [-0.4, -0.2) is 59.3 Å². The fourth-order valence-corrected chi connectivity index (χ4v) is 4.48. The number of nitrogens with one attached hydrogen (secondary N) is 1. The Morgan fingerprint density at radius 1 is 1.17 bits per heavy atom. The quantitative estimate of drug-likeness (QED) is 0.673. The van der Waals surface area contributed by atoms with Crippen molar-refractivity contribution < 1.29 is 42.1 Å². The van der Waals surface area contributed by atoms with Crippen molar-refractivity contribution in [1.29, 1.82) is 0 Å². The van der Waals surface area contributed by atoms with E-state index in [1.807, 2.05) is 35.2 Å². The molecule has 1 spiro atoms. The van der Waals surface area contributed by atoms with Crippen LogP contribution in [0.5, 0.6) is 5.75 Å². The van der Waals surface area contributed by atoms with Crippen LogP contribution in [0.3, 0.4) is 0 Å². The lowest BCUT2D eigenvalue weighted by Crippen LogP contribution is -2.44. The number of fused-ring (bicyclic) bond motifs is 2. The number of carboxylic acid groups (broad SMARTS) is 1. The Hall–Kier alpha value is -3.83. The molecule has 2 amide bonds. The van der Waals surface area contributed by atoms with Crippen molar-refractivity contribution in [1.82, 2.24) is 9.88 Å². The molecule has 1 aromatic carbocycles. The molecule has 0 radical (unpaired) electrons. The number of carboxylic acids is 1. The number of anilines is 1. The number of amides is 2. The summed E-state index contributed by atoms with van der Waals surface area (Å²) in [6, 6.07) is 9.60. The summed E-state index contributed by atoms with van der Waals surface area (Å²) in [5.41, 5.74) is 1.30.